The lowest BCUT2D eigenvalue weighted by atomic mass is 10.2. The van der Waals surface area contributed by atoms with Crippen LogP contribution in [0.3, 0.4) is 0 Å². The Bertz CT molecular complexity index is 440. The van der Waals surface area contributed by atoms with Crippen LogP contribution in [0.1, 0.15) is 16.8 Å². The van der Waals surface area contributed by atoms with Crippen LogP contribution in [0.5, 0.6) is 0 Å². The van der Waals surface area contributed by atoms with Gasteiger partial charge in [0.25, 0.3) is 5.91 Å². The molecule has 0 aromatic carbocycles. The Morgan fingerprint density at radius 2 is 2.44 bits per heavy atom. The van der Waals surface area contributed by atoms with E-state index >= 15 is 0 Å². The van der Waals surface area contributed by atoms with E-state index in [4.69, 9.17) is 0 Å². The van der Waals surface area contributed by atoms with Crippen LogP contribution in [0.2, 0.25) is 0 Å². The van der Waals surface area contributed by atoms with Crippen molar-refractivity contribution in [3.05, 3.63) is 29.8 Å². The number of hydrogen-bond donors (Lipinski definition) is 0. The Morgan fingerprint density at radius 1 is 1.56 bits per heavy atom. The first-order valence-electron chi connectivity index (χ1n) is 5.27. The smallest absolute Gasteiger partial charge is 0.255 e. The number of amides is 1. The number of pyridine rings is 1. The van der Waals surface area contributed by atoms with Crippen LogP contribution >= 0.6 is 11.8 Å². The van der Waals surface area contributed by atoms with Gasteiger partial charge in [-0.2, -0.15) is 11.8 Å². The second-order valence-electron chi connectivity index (χ2n) is 4.19. The average Bonchev–Trinajstić information content (AvgIpc) is 2.89. The fraction of sp³-hybridized carbons (Fsp3) is 0.455. The first kappa shape index (κ1) is 10.1. The summed E-state index contributed by atoms with van der Waals surface area (Å²) in [5.74, 6) is 0.475. The number of hydrogen-bond acceptors (Lipinski definition) is 3. The maximum Gasteiger partial charge on any atom is 0.255 e. The largest absolute Gasteiger partial charge is 0.334 e. The minimum Gasteiger partial charge on any atom is -0.334 e. The van der Waals surface area contributed by atoms with Crippen molar-refractivity contribution in [1.29, 1.82) is 0 Å². The van der Waals surface area contributed by atoms with Crippen LogP contribution in [0, 0.1) is 5.82 Å². The molecule has 16 heavy (non-hydrogen) atoms. The van der Waals surface area contributed by atoms with E-state index in [0.29, 0.717) is 16.9 Å². The third-order valence-corrected chi connectivity index (χ3v) is 4.50. The second-order valence-corrected chi connectivity index (χ2v) is 5.53. The molecule has 0 unspecified atom stereocenters. The van der Waals surface area contributed by atoms with Gasteiger partial charge in [-0.15, -0.1) is 0 Å². The SMILES string of the molecule is O=C(c1cncc(F)c1)N1C[C@H]2C[C@H]1CS2. The summed E-state index contributed by atoms with van der Waals surface area (Å²) >= 11 is 1.93. The molecule has 2 saturated heterocycles. The van der Waals surface area contributed by atoms with Crippen molar-refractivity contribution < 1.29 is 9.18 Å². The number of fused-ring (bicyclic) bond motifs is 2. The molecule has 0 radical (unpaired) electrons. The van der Waals surface area contributed by atoms with Crippen molar-refractivity contribution in [3.8, 4) is 0 Å². The monoisotopic (exact) mass is 238 g/mol. The molecular formula is C11H11FN2OS. The number of aromatic nitrogens is 1. The number of carbonyl (C=O) groups excluding carboxylic acids is 1. The highest BCUT2D eigenvalue weighted by atomic mass is 32.2. The van der Waals surface area contributed by atoms with Crippen LogP contribution in [-0.4, -0.2) is 39.4 Å². The highest BCUT2D eigenvalue weighted by Crippen LogP contribution is 2.37. The molecule has 84 valence electrons. The van der Waals surface area contributed by atoms with Gasteiger partial charge in [0, 0.05) is 29.8 Å². The number of halogens is 1. The summed E-state index contributed by atoms with van der Waals surface area (Å²) in [5, 5.41) is 0.579. The predicted molar refractivity (Wildman–Crippen MR) is 59.9 cm³/mol. The third-order valence-electron chi connectivity index (χ3n) is 3.11. The average molecular weight is 238 g/mol. The van der Waals surface area contributed by atoms with E-state index in [0.717, 1.165) is 24.9 Å². The molecule has 3 nitrogen and oxygen atoms in total. The van der Waals surface area contributed by atoms with Crippen molar-refractivity contribution in [3.63, 3.8) is 0 Å². The molecule has 1 aromatic heterocycles. The Morgan fingerprint density at radius 3 is 3.06 bits per heavy atom. The first-order chi connectivity index (χ1) is 7.74. The van der Waals surface area contributed by atoms with Crippen molar-refractivity contribution in [2.24, 2.45) is 0 Å². The molecule has 5 heteroatoms. The van der Waals surface area contributed by atoms with Crippen LogP contribution < -0.4 is 0 Å². The first-order valence-corrected chi connectivity index (χ1v) is 6.32. The van der Waals surface area contributed by atoms with Crippen molar-refractivity contribution in [1.82, 2.24) is 9.88 Å². The standard InChI is InChI=1S/C11H11FN2OS/c12-8-1-7(3-13-4-8)11(15)14-5-10-2-9(14)6-16-10/h1,3-4,9-10H,2,5-6H2/t9-,10+/m0/s1. The van der Waals surface area contributed by atoms with E-state index in [2.05, 4.69) is 4.98 Å². The van der Waals surface area contributed by atoms with E-state index in [1.54, 1.807) is 0 Å². The highest BCUT2D eigenvalue weighted by Gasteiger charge is 2.41. The Balaban J connectivity index is 1.83. The Labute approximate surface area is 97.0 Å². The summed E-state index contributed by atoms with van der Waals surface area (Å²) in [7, 11) is 0. The fourth-order valence-corrected chi connectivity index (χ4v) is 3.78. The molecule has 2 aliphatic rings. The van der Waals surface area contributed by atoms with Gasteiger partial charge in [0.15, 0.2) is 0 Å². The quantitative estimate of drug-likeness (QED) is 0.744. The van der Waals surface area contributed by atoms with E-state index in [9.17, 15) is 9.18 Å². The molecule has 2 bridgehead atoms. The Kier molecular flexibility index (Phi) is 2.35. The molecule has 3 rings (SSSR count). The van der Waals surface area contributed by atoms with Gasteiger partial charge in [-0.1, -0.05) is 0 Å². The maximum absolute atomic E-state index is 13.0. The molecular weight excluding hydrogens is 227 g/mol. The van der Waals surface area contributed by atoms with Gasteiger partial charge >= 0.3 is 0 Å². The van der Waals surface area contributed by atoms with Gasteiger partial charge in [0.05, 0.1) is 11.8 Å². The number of thioether (sulfide) groups is 1. The molecule has 1 amide bonds. The zero-order chi connectivity index (χ0) is 11.1. The lowest BCUT2D eigenvalue weighted by Gasteiger charge is -2.26. The van der Waals surface area contributed by atoms with Crippen molar-refractivity contribution in [2.75, 3.05) is 12.3 Å². The zero-order valence-electron chi connectivity index (χ0n) is 8.60. The number of likely N-dealkylation sites (tertiary alicyclic amines) is 1. The molecule has 0 spiro atoms. The molecule has 2 aliphatic heterocycles. The minimum atomic E-state index is -0.454. The van der Waals surface area contributed by atoms with Crippen molar-refractivity contribution >= 4 is 17.7 Å². The topological polar surface area (TPSA) is 33.2 Å². The lowest BCUT2D eigenvalue weighted by Crippen LogP contribution is -2.39. The van der Waals surface area contributed by atoms with Gasteiger partial charge in [-0.3, -0.25) is 9.78 Å². The van der Waals surface area contributed by atoms with Crippen LogP contribution in [0.4, 0.5) is 4.39 Å². The van der Waals surface area contributed by atoms with Gasteiger partial charge in [0.1, 0.15) is 5.82 Å². The minimum absolute atomic E-state index is 0.0835. The molecule has 2 fully saturated rings. The zero-order valence-corrected chi connectivity index (χ0v) is 9.41. The molecule has 0 aliphatic carbocycles. The Hall–Kier alpha value is -1.10. The summed E-state index contributed by atoms with van der Waals surface area (Å²) in [5.41, 5.74) is 0.359. The van der Waals surface area contributed by atoms with E-state index in [1.165, 1.54) is 12.3 Å². The lowest BCUT2D eigenvalue weighted by molar-refractivity contribution is 0.0746. The van der Waals surface area contributed by atoms with Crippen LogP contribution in [0.25, 0.3) is 0 Å². The van der Waals surface area contributed by atoms with Crippen LogP contribution in [0.15, 0.2) is 18.5 Å². The molecule has 3 heterocycles. The van der Waals surface area contributed by atoms with Gasteiger partial charge in [0.2, 0.25) is 0 Å². The van der Waals surface area contributed by atoms with E-state index in [-0.39, 0.29) is 5.91 Å². The van der Waals surface area contributed by atoms with Gasteiger partial charge in [-0.05, 0) is 12.5 Å². The maximum atomic E-state index is 13.0. The number of carbonyl (C=O) groups is 1. The van der Waals surface area contributed by atoms with Crippen molar-refractivity contribution in [2.45, 2.75) is 17.7 Å². The second kappa shape index (κ2) is 3.73. The summed E-state index contributed by atoms with van der Waals surface area (Å²) in [6.07, 6.45) is 3.63. The molecule has 0 N–H and O–H groups in total. The van der Waals surface area contributed by atoms with Gasteiger partial charge in [-0.25, -0.2) is 4.39 Å². The number of nitrogens with zero attached hydrogens (tertiary/aromatic N) is 2. The molecule has 1 aromatic rings. The van der Waals surface area contributed by atoms with Crippen LogP contribution in [-0.2, 0) is 0 Å². The summed E-state index contributed by atoms with van der Waals surface area (Å²) in [6, 6.07) is 1.60. The highest BCUT2D eigenvalue weighted by molar-refractivity contribution is 8.00. The summed E-state index contributed by atoms with van der Waals surface area (Å²) in [4.78, 5) is 17.7. The number of rotatable bonds is 1. The molecule has 0 saturated carbocycles. The normalized spacial score (nSPS) is 27.4. The summed E-state index contributed by atoms with van der Waals surface area (Å²) in [6.45, 7) is 0.796. The molecule has 2 atom stereocenters. The third kappa shape index (κ3) is 1.59. The predicted octanol–water partition coefficient (Wildman–Crippen LogP) is 1.55. The van der Waals surface area contributed by atoms with E-state index in [1.807, 2.05) is 16.7 Å². The van der Waals surface area contributed by atoms with Gasteiger partial charge < -0.3 is 4.90 Å². The fourth-order valence-electron chi connectivity index (χ4n) is 2.34. The summed E-state index contributed by atoms with van der Waals surface area (Å²) < 4.78 is 13.0. The van der Waals surface area contributed by atoms with E-state index < -0.39 is 5.82 Å².